The van der Waals surface area contributed by atoms with Crippen LogP contribution in [0.4, 0.5) is 0 Å². The Morgan fingerprint density at radius 3 is 2.74 bits per heavy atom. The van der Waals surface area contributed by atoms with Gasteiger partial charge >= 0.3 is 5.97 Å². The standard InChI is InChI=1S/C13H8BrN3O2/c14-8-5-16-17(7-8)12-9-3-1-2-4-11(9)15-6-10(12)13(18)19/h1-7H,(H,18,19). The van der Waals surface area contributed by atoms with E-state index in [1.165, 1.54) is 10.9 Å². The summed E-state index contributed by atoms with van der Waals surface area (Å²) in [4.78, 5) is 15.5. The monoisotopic (exact) mass is 317 g/mol. The summed E-state index contributed by atoms with van der Waals surface area (Å²) >= 11 is 3.31. The van der Waals surface area contributed by atoms with Gasteiger partial charge in [0.15, 0.2) is 0 Å². The Labute approximate surface area is 116 Å². The van der Waals surface area contributed by atoms with Crippen LogP contribution in [0.5, 0.6) is 0 Å². The summed E-state index contributed by atoms with van der Waals surface area (Å²) in [5.41, 5.74) is 1.37. The molecule has 2 heterocycles. The second-order valence-corrected chi connectivity index (χ2v) is 4.86. The number of hydrogen-bond acceptors (Lipinski definition) is 3. The Bertz CT molecular complexity index is 782. The first-order chi connectivity index (χ1) is 9.16. The first-order valence-corrected chi connectivity index (χ1v) is 6.27. The molecule has 1 N–H and O–H groups in total. The predicted molar refractivity (Wildman–Crippen MR) is 73.5 cm³/mol. The van der Waals surface area contributed by atoms with Crippen LogP contribution in [0.15, 0.2) is 47.3 Å². The quantitative estimate of drug-likeness (QED) is 0.789. The van der Waals surface area contributed by atoms with Crippen molar-refractivity contribution >= 4 is 32.8 Å². The third-order valence-electron chi connectivity index (χ3n) is 2.76. The van der Waals surface area contributed by atoms with Gasteiger partial charge in [-0.3, -0.25) is 4.98 Å². The van der Waals surface area contributed by atoms with Crippen LogP contribution in [0.3, 0.4) is 0 Å². The lowest BCUT2D eigenvalue weighted by Crippen LogP contribution is -2.07. The van der Waals surface area contributed by atoms with Crippen LogP contribution in [0.25, 0.3) is 16.6 Å². The third-order valence-corrected chi connectivity index (χ3v) is 3.17. The number of aromatic nitrogens is 3. The van der Waals surface area contributed by atoms with Gasteiger partial charge in [-0.25, -0.2) is 9.48 Å². The number of rotatable bonds is 2. The van der Waals surface area contributed by atoms with E-state index in [0.717, 1.165) is 15.4 Å². The number of carboxylic acid groups (broad SMARTS) is 1. The molecule has 3 rings (SSSR count). The fraction of sp³-hybridized carbons (Fsp3) is 0. The topological polar surface area (TPSA) is 68.0 Å². The van der Waals surface area contributed by atoms with Crippen LogP contribution < -0.4 is 0 Å². The second kappa shape index (κ2) is 4.47. The summed E-state index contributed by atoms with van der Waals surface area (Å²) in [6, 6.07) is 7.37. The number of fused-ring (bicyclic) bond motifs is 1. The number of hydrogen-bond donors (Lipinski definition) is 1. The van der Waals surface area contributed by atoms with Gasteiger partial charge in [-0.1, -0.05) is 18.2 Å². The van der Waals surface area contributed by atoms with E-state index in [2.05, 4.69) is 26.0 Å². The molecule has 0 aliphatic heterocycles. The highest BCUT2D eigenvalue weighted by molar-refractivity contribution is 9.10. The van der Waals surface area contributed by atoms with Crippen molar-refractivity contribution in [3.05, 3.63) is 52.9 Å². The zero-order valence-electron chi connectivity index (χ0n) is 9.62. The molecule has 0 aliphatic rings. The van der Waals surface area contributed by atoms with Crippen molar-refractivity contribution in [1.29, 1.82) is 0 Å². The van der Waals surface area contributed by atoms with Gasteiger partial charge in [0.05, 0.1) is 21.9 Å². The minimum absolute atomic E-state index is 0.120. The van der Waals surface area contributed by atoms with Crippen molar-refractivity contribution in [3.8, 4) is 5.69 Å². The molecule has 0 saturated carbocycles. The van der Waals surface area contributed by atoms with Crippen molar-refractivity contribution < 1.29 is 9.90 Å². The van der Waals surface area contributed by atoms with Crippen LogP contribution in [0, 0.1) is 0 Å². The van der Waals surface area contributed by atoms with Crippen molar-refractivity contribution in [2.75, 3.05) is 0 Å². The molecule has 0 aliphatic carbocycles. The molecule has 6 heteroatoms. The highest BCUT2D eigenvalue weighted by Gasteiger charge is 2.16. The highest BCUT2D eigenvalue weighted by Crippen LogP contribution is 2.25. The summed E-state index contributed by atoms with van der Waals surface area (Å²) < 4.78 is 2.32. The van der Waals surface area contributed by atoms with E-state index in [4.69, 9.17) is 0 Å². The van der Waals surface area contributed by atoms with Crippen LogP contribution in [0.1, 0.15) is 10.4 Å². The highest BCUT2D eigenvalue weighted by atomic mass is 79.9. The van der Waals surface area contributed by atoms with Crippen LogP contribution >= 0.6 is 15.9 Å². The molecule has 1 aromatic carbocycles. The Hall–Kier alpha value is -2.21. The minimum Gasteiger partial charge on any atom is -0.478 e. The Morgan fingerprint density at radius 2 is 2.05 bits per heavy atom. The molecular weight excluding hydrogens is 310 g/mol. The number of pyridine rings is 1. The van der Waals surface area contributed by atoms with Gasteiger partial charge in [-0.15, -0.1) is 0 Å². The number of nitrogens with zero attached hydrogens (tertiary/aromatic N) is 3. The maximum absolute atomic E-state index is 11.4. The Morgan fingerprint density at radius 1 is 1.26 bits per heavy atom. The molecular formula is C13H8BrN3O2. The largest absolute Gasteiger partial charge is 0.478 e. The van der Waals surface area contributed by atoms with Gasteiger partial charge in [0.25, 0.3) is 0 Å². The number of aromatic carboxylic acids is 1. The van der Waals surface area contributed by atoms with E-state index < -0.39 is 5.97 Å². The molecule has 0 radical (unpaired) electrons. The fourth-order valence-corrected chi connectivity index (χ4v) is 2.24. The number of halogens is 1. The molecule has 0 saturated heterocycles. The predicted octanol–water partition coefficient (Wildman–Crippen LogP) is 2.88. The molecule has 5 nitrogen and oxygen atoms in total. The lowest BCUT2D eigenvalue weighted by Gasteiger charge is -2.09. The number of para-hydroxylation sites is 1. The van der Waals surface area contributed by atoms with Crippen molar-refractivity contribution in [2.45, 2.75) is 0 Å². The number of benzene rings is 1. The normalized spacial score (nSPS) is 10.8. The Kier molecular flexibility index (Phi) is 2.79. The van der Waals surface area contributed by atoms with E-state index in [1.54, 1.807) is 12.4 Å². The van der Waals surface area contributed by atoms with E-state index in [1.807, 2.05) is 24.3 Å². The van der Waals surface area contributed by atoms with E-state index in [0.29, 0.717) is 5.69 Å². The molecule has 0 spiro atoms. The van der Waals surface area contributed by atoms with E-state index in [-0.39, 0.29) is 5.56 Å². The van der Waals surface area contributed by atoms with Gasteiger partial charge in [-0.2, -0.15) is 5.10 Å². The van der Waals surface area contributed by atoms with Crippen molar-refractivity contribution in [2.24, 2.45) is 0 Å². The van der Waals surface area contributed by atoms with Gasteiger partial charge in [0.1, 0.15) is 5.56 Å². The SMILES string of the molecule is O=C(O)c1cnc2ccccc2c1-n1cc(Br)cn1. The molecule has 94 valence electrons. The van der Waals surface area contributed by atoms with Gasteiger partial charge in [0, 0.05) is 17.8 Å². The van der Waals surface area contributed by atoms with Gasteiger partial charge < -0.3 is 5.11 Å². The second-order valence-electron chi connectivity index (χ2n) is 3.95. The fourth-order valence-electron chi connectivity index (χ4n) is 1.95. The molecule has 19 heavy (non-hydrogen) atoms. The average Bonchev–Trinajstić information content (AvgIpc) is 2.83. The van der Waals surface area contributed by atoms with Gasteiger partial charge in [0.2, 0.25) is 0 Å². The molecule has 0 atom stereocenters. The van der Waals surface area contributed by atoms with E-state index in [9.17, 15) is 9.90 Å². The van der Waals surface area contributed by atoms with Crippen LogP contribution in [0.2, 0.25) is 0 Å². The zero-order chi connectivity index (χ0) is 13.4. The third kappa shape index (κ3) is 2.00. The molecule has 0 bridgehead atoms. The van der Waals surface area contributed by atoms with E-state index >= 15 is 0 Å². The number of carbonyl (C=O) groups is 1. The maximum Gasteiger partial charge on any atom is 0.339 e. The number of carboxylic acids is 1. The summed E-state index contributed by atoms with van der Waals surface area (Å²) in [7, 11) is 0. The smallest absolute Gasteiger partial charge is 0.339 e. The minimum atomic E-state index is -1.03. The zero-order valence-corrected chi connectivity index (χ0v) is 11.2. The first kappa shape index (κ1) is 11.9. The average molecular weight is 318 g/mol. The molecule has 0 amide bonds. The van der Waals surface area contributed by atoms with Crippen LogP contribution in [-0.2, 0) is 0 Å². The summed E-state index contributed by atoms with van der Waals surface area (Å²) in [6.07, 6.45) is 4.69. The summed E-state index contributed by atoms with van der Waals surface area (Å²) in [6.45, 7) is 0. The molecule has 2 aromatic heterocycles. The molecule has 0 unspecified atom stereocenters. The lowest BCUT2D eigenvalue weighted by molar-refractivity contribution is 0.0696. The Balaban J connectivity index is 2.41. The lowest BCUT2D eigenvalue weighted by atomic mass is 10.1. The summed E-state index contributed by atoms with van der Waals surface area (Å²) in [5, 5.41) is 14.2. The maximum atomic E-state index is 11.4. The van der Waals surface area contributed by atoms with Gasteiger partial charge in [-0.05, 0) is 22.0 Å². The first-order valence-electron chi connectivity index (χ1n) is 5.48. The van der Waals surface area contributed by atoms with Crippen LogP contribution in [-0.4, -0.2) is 25.8 Å². The molecule has 3 aromatic rings. The van der Waals surface area contributed by atoms with Crippen molar-refractivity contribution in [1.82, 2.24) is 14.8 Å². The molecule has 0 fully saturated rings. The van der Waals surface area contributed by atoms with Crippen molar-refractivity contribution in [3.63, 3.8) is 0 Å². The summed E-state index contributed by atoms with van der Waals surface area (Å²) in [5.74, 6) is -1.03.